The highest BCUT2D eigenvalue weighted by molar-refractivity contribution is 6.30. The predicted octanol–water partition coefficient (Wildman–Crippen LogP) is 6.02. The summed E-state index contributed by atoms with van der Waals surface area (Å²) >= 11 is 6.00. The van der Waals surface area contributed by atoms with E-state index in [9.17, 15) is 4.79 Å². The molecule has 6 heteroatoms. The molecule has 0 aromatic heterocycles. The van der Waals surface area contributed by atoms with E-state index in [2.05, 4.69) is 4.90 Å². The number of halogens is 1. The first kappa shape index (κ1) is 21.6. The van der Waals surface area contributed by atoms with Crippen molar-refractivity contribution in [1.82, 2.24) is 4.90 Å². The summed E-state index contributed by atoms with van der Waals surface area (Å²) in [7, 11) is 0. The SMILES string of the molecule is CCOc1ccc(/C=C2\Oc3c(cc4c(c3C)OCN(Cc3ccc(Cl)cc3)C4)C2=O)cc1. The highest BCUT2D eigenvalue weighted by Gasteiger charge is 2.33. The average Bonchev–Trinajstić information content (AvgIpc) is 3.12. The molecule has 0 saturated heterocycles. The first-order valence-electron chi connectivity index (χ1n) is 10.9. The molecule has 33 heavy (non-hydrogen) atoms. The van der Waals surface area contributed by atoms with Crippen molar-refractivity contribution in [2.45, 2.75) is 26.9 Å². The number of ether oxygens (including phenoxy) is 3. The third kappa shape index (κ3) is 4.34. The first-order chi connectivity index (χ1) is 16.0. The van der Waals surface area contributed by atoms with Gasteiger partial charge in [-0.05, 0) is 61.4 Å². The molecule has 0 bridgehead atoms. The number of Topliss-reactive ketones (excluding diaryl/α,β-unsaturated/α-hetero) is 1. The van der Waals surface area contributed by atoms with Gasteiger partial charge < -0.3 is 14.2 Å². The van der Waals surface area contributed by atoms with Crippen LogP contribution < -0.4 is 14.2 Å². The van der Waals surface area contributed by atoms with Crippen molar-refractivity contribution in [3.8, 4) is 17.2 Å². The molecule has 0 fully saturated rings. The molecule has 0 spiro atoms. The van der Waals surface area contributed by atoms with E-state index in [-0.39, 0.29) is 5.78 Å². The van der Waals surface area contributed by atoms with Gasteiger partial charge in [0.05, 0.1) is 12.2 Å². The van der Waals surface area contributed by atoms with Gasteiger partial charge in [0.2, 0.25) is 5.78 Å². The van der Waals surface area contributed by atoms with Crippen molar-refractivity contribution in [2.75, 3.05) is 13.3 Å². The van der Waals surface area contributed by atoms with Gasteiger partial charge in [-0.3, -0.25) is 9.69 Å². The fourth-order valence-electron chi connectivity index (χ4n) is 4.22. The van der Waals surface area contributed by atoms with Gasteiger partial charge in [-0.1, -0.05) is 35.9 Å². The van der Waals surface area contributed by atoms with Gasteiger partial charge in [0, 0.05) is 29.2 Å². The van der Waals surface area contributed by atoms with Crippen LogP contribution in [0.15, 0.2) is 60.4 Å². The van der Waals surface area contributed by atoms with Crippen molar-refractivity contribution in [3.05, 3.63) is 93.2 Å². The molecule has 168 valence electrons. The average molecular weight is 462 g/mol. The molecule has 3 aromatic rings. The lowest BCUT2D eigenvalue weighted by atomic mass is 10.00. The maximum Gasteiger partial charge on any atom is 0.231 e. The van der Waals surface area contributed by atoms with Crippen LogP contribution in [0.1, 0.15) is 39.5 Å². The Morgan fingerprint density at radius 2 is 1.85 bits per heavy atom. The molecule has 0 amide bonds. The minimum atomic E-state index is -0.111. The van der Waals surface area contributed by atoms with Crippen molar-refractivity contribution in [3.63, 3.8) is 0 Å². The van der Waals surface area contributed by atoms with E-state index in [1.165, 1.54) is 0 Å². The molecule has 2 heterocycles. The summed E-state index contributed by atoms with van der Waals surface area (Å²) in [6, 6.07) is 17.3. The number of carbonyl (C=O) groups excluding carboxylic acids is 1. The molecular formula is C27H24ClNO4. The third-order valence-electron chi connectivity index (χ3n) is 5.81. The molecule has 2 aliphatic rings. The van der Waals surface area contributed by atoms with E-state index in [1.54, 1.807) is 6.08 Å². The first-order valence-corrected chi connectivity index (χ1v) is 11.3. The molecule has 0 aliphatic carbocycles. The van der Waals surface area contributed by atoms with Crippen LogP contribution in [0.4, 0.5) is 0 Å². The standard InChI is InChI=1S/C27H24ClNO4/c1-3-31-22-10-6-18(7-11-22)12-24-25(30)23-13-20-15-29(14-19-4-8-21(28)9-5-19)16-32-26(20)17(2)27(23)33-24/h4-13H,3,14-16H2,1-2H3/b24-12-. The summed E-state index contributed by atoms with van der Waals surface area (Å²) in [4.78, 5) is 15.3. The molecule has 0 saturated carbocycles. The zero-order chi connectivity index (χ0) is 22.9. The summed E-state index contributed by atoms with van der Waals surface area (Å²) < 4.78 is 17.6. The Hall–Kier alpha value is -3.28. The lowest BCUT2D eigenvalue weighted by molar-refractivity contribution is 0.0876. The maximum absolute atomic E-state index is 13.1. The van der Waals surface area contributed by atoms with Crippen LogP contribution in [-0.2, 0) is 13.1 Å². The second-order valence-corrected chi connectivity index (χ2v) is 8.63. The number of fused-ring (bicyclic) bond motifs is 2. The molecule has 5 rings (SSSR count). The number of rotatable bonds is 5. The van der Waals surface area contributed by atoms with E-state index >= 15 is 0 Å². The van der Waals surface area contributed by atoms with Crippen LogP contribution in [0.3, 0.4) is 0 Å². The van der Waals surface area contributed by atoms with E-state index in [4.69, 9.17) is 25.8 Å². The van der Waals surface area contributed by atoms with Crippen molar-refractivity contribution in [2.24, 2.45) is 0 Å². The van der Waals surface area contributed by atoms with Crippen LogP contribution >= 0.6 is 11.6 Å². The van der Waals surface area contributed by atoms with Gasteiger partial charge in [-0.15, -0.1) is 0 Å². The van der Waals surface area contributed by atoms with Crippen molar-refractivity contribution in [1.29, 1.82) is 0 Å². The number of carbonyl (C=O) groups is 1. The van der Waals surface area contributed by atoms with Crippen LogP contribution in [0.2, 0.25) is 5.02 Å². The van der Waals surface area contributed by atoms with Gasteiger partial charge in [0.15, 0.2) is 5.76 Å². The number of hydrogen-bond acceptors (Lipinski definition) is 5. The van der Waals surface area contributed by atoms with Gasteiger partial charge in [-0.25, -0.2) is 0 Å². The monoisotopic (exact) mass is 461 g/mol. The predicted molar refractivity (Wildman–Crippen MR) is 128 cm³/mol. The summed E-state index contributed by atoms with van der Waals surface area (Å²) in [6.07, 6.45) is 1.77. The molecule has 3 aromatic carbocycles. The summed E-state index contributed by atoms with van der Waals surface area (Å²) in [5, 5.41) is 0.720. The Morgan fingerprint density at radius 3 is 2.58 bits per heavy atom. The third-order valence-corrected chi connectivity index (χ3v) is 6.06. The normalized spacial score (nSPS) is 16.2. The number of nitrogens with zero attached hydrogens (tertiary/aromatic N) is 1. The molecular weight excluding hydrogens is 438 g/mol. The quantitative estimate of drug-likeness (QED) is 0.435. The lowest BCUT2D eigenvalue weighted by Gasteiger charge is -2.30. The molecule has 0 unspecified atom stereocenters. The second kappa shape index (κ2) is 8.93. The van der Waals surface area contributed by atoms with Crippen molar-refractivity contribution >= 4 is 23.5 Å². The van der Waals surface area contributed by atoms with Crippen LogP contribution in [0.5, 0.6) is 17.2 Å². The van der Waals surface area contributed by atoms with E-state index in [0.29, 0.717) is 37.0 Å². The largest absolute Gasteiger partial charge is 0.494 e. The van der Waals surface area contributed by atoms with Crippen LogP contribution in [0, 0.1) is 6.92 Å². The van der Waals surface area contributed by atoms with Gasteiger partial charge in [-0.2, -0.15) is 0 Å². The molecule has 2 aliphatic heterocycles. The molecule has 0 atom stereocenters. The Bertz CT molecular complexity index is 1230. The minimum absolute atomic E-state index is 0.111. The number of allylic oxidation sites excluding steroid dienone is 1. The van der Waals surface area contributed by atoms with E-state index < -0.39 is 0 Å². The molecule has 5 nitrogen and oxygen atoms in total. The fraction of sp³-hybridized carbons (Fsp3) is 0.222. The van der Waals surface area contributed by atoms with E-state index in [0.717, 1.165) is 45.3 Å². The highest BCUT2D eigenvalue weighted by atomic mass is 35.5. The zero-order valence-electron chi connectivity index (χ0n) is 18.6. The van der Waals surface area contributed by atoms with Gasteiger partial charge in [0.25, 0.3) is 0 Å². The minimum Gasteiger partial charge on any atom is -0.494 e. The Balaban J connectivity index is 1.37. The van der Waals surface area contributed by atoms with Gasteiger partial charge in [0.1, 0.15) is 24.0 Å². The van der Waals surface area contributed by atoms with E-state index in [1.807, 2.05) is 68.4 Å². The maximum atomic E-state index is 13.1. The smallest absolute Gasteiger partial charge is 0.231 e. The number of ketones is 1. The number of benzene rings is 3. The van der Waals surface area contributed by atoms with Crippen LogP contribution in [0.25, 0.3) is 6.08 Å². The Labute approximate surface area is 198 Å². The highest BCUT2D eigenvalue weighted by Crippen LogP contribution is 2.43. The number of hydrogen-bond donors (Lipinski definition) is 0. The second-order valence-electron chi connectivity index (χ2n) is 8.20. The molecule has 0 N–H and O–H groups in total. The summed E-state index contributed by atoms with van der Waals surface area (Å²) in [6.45, 7) is 6.40. The summed E-state index contributed by atoms with van der Waals surface area (Å²) in [5.41, 5.74) is 4.47. The Kier molecular flexibility index (Phi) is 5.83. The summed E-state index contributed by atoms with van der Waals surface area (Å²) in [5.74, 6) is 2.39. The Morgan fingerprint density at radius 1 is 1.09 bits per heavy atom. The topological polar surface area (TPSA) is 48.0 Å². The lowest BCUT2D eigenvalue weighted by Crippen LogP contribution is -2.32. The zero-order valence-corrected chi connectivity index (χ0v) is 19.3. The molecule has 0 radical (unpaired) electrons. The van der Waals surface area contributed by atoms with Crippen LogP contribution in [-0.4, -0.2) is 24.0 Å². The van der Waals surface area contributed by atoms with Gasteiger partial charge >= 0.3 is 0 Å². The fourth-order valence-corrected chi connectivity index (χ4v) is 4.35. The van der Waals surface area contributed by atoms with Crippen molar-refractivity contribution < 1.29 is 19.0 Å².